The average molecular weight is 611 g/mol. The van der Waals surface area contributed by atoms with E-state index >= 15 is 0 Å². The number of thioether (sulfide) groups is 1. The number of nitrogens with one attached hydrogen (secondary N) is 1. The number of aliphatic carboxylic acids is 1. The zero-order chi connectivity index (χ0) is 30.3. The minimum absolute atomic E-state index is 0.0869. The largest absolute Gasteiger partial charge is 0.480 e. The molecule has 4 rings (SSSR count). The van der Waals surface area contributed by atoms with Gasteiger partial charge in [0.25, 0.3) is 5.91 Å². The molecule has 0 bridgehead atoms. The van der Waals surface area contributed by atoms with Gasteiger partial charge in [0, 0.05) is 31.8 Å². The SMILES string of the molecule is COC[C@@H]1C[C@@H](S(=O)(=O)c2ccccc2)CN1Cc1ccc(C(=O)N[C@H](CCSC)C(=O)O)c(-c2ccccc2C)c1. The second kappa shape index (κ2) is 14.3. The molecule has 3 aromatic rings. The number of sulfone groups is 1. The lowest BCUT2D eigenvalue weighted by atomic mass is 9.93. The van der Waals surface area contributed by atoms with Gasteiger partial charge in [-0.1, -0.05) is 48.5 Å². The molecule has 2 N–H and O–H groups in total. The zero-order valence-corrected chi connectivity index (χ0v) is 25.8. The number of carbonyl (C=O) groups is 2. The van der Waals surface area contributed by atoms with Crippen molar-refractivity contribution in [3.8, 4) is 11.1 Å². The number of hydrogen-bond donors (Lipinski definition) is 2. The van der Waals surface area contributed by atoms with Gasteiger partial charge in [-0.05, 0) is 78.3 Å². The molecule has 1 aliphatic heterocycles. The van der Waals surface area contributed by atoms with Crippen LogP contribution in [0, 0.1) is 6.92 Å². The molecule has 0 unspecified atom stereocenters. The van der Waals surface area contributed by atoms with E-state index in [4.69, 9.17) is 4.74 Å². The lowest BCUT2D eigenvalue weighted by Crippen LogP contribution is -2.41. The van der Waals surface area contributed by atoms with E-state index in [2.05, 4.69) is 10.2 Å². The second-order valence-electron chi connectivity index (χ2n) is 10.6. The van der Waals surface area contributed by atoms with E-state index in [-0.39, 0.29) is 6.04 Å². The predicted octanol–water partition coefficient (Wildman–Crippen LogP) is 4.66. The van der Waals surface area contributed by atoms with Gasteiger partial charge in [0.1, 0.15) is 6.04 Å². The fourth-order valence-electron chi connectivity index (χ4n) is 5.47. The summed E-state index contributed by atoms with van der Waals surface area (Å²) in [5.74, 6) is -0.897. The van der Waals surface area contributed by atoms with Crippen molar-refractivity contribution in [2.75, 3.05) is 32.3 Å². The Hall–Kier alpha value is -3.18. The summed E-state index contributed by atoms with van der Waals surface area (Å²) < 4.78 is 32.3. The number of aryl methyl sites for hydroxylation is 1. The summed E-state index contributed by atoms with van der Waals surface area (Å²) in [5.41, 5.74) is 3.87. The quantitative estimate of drug-likeness (QED) is 0.287. The van der Waals surface area contributed by atoms with E-state index in [9.17, 15) is 23.1 Å². The highest BCUT2D eigenvalue weighted by Crippen LogP contribution is 2.32. The Morgan fingerprint density at radius 2 is 1.79 bits per heavy atom. The van der Waals surface area contributed by atoms with Crippen LogP contribution in [0.5, 0.6) is 0 Å². The van der Waals surface area contributed by atoms with E-state index in [1.165, 1.54) is 11.8 Å². The Morgan fingerprint density at radius 3 is 2.45 bits per heavy atom. The molecule has 3 atom stereocenters. The van der Waals surface area contributed by atoms with Crippen molar-refractivity contribution < 1.29 is 27.9 Å². The number of benzene rings is 3. The number of hydrogen-bond acceptors (Lipinski definition) is 7. The minimum atomic E-state index is -3.51. The molecule has 224 valence electrons. The molecule has 3 aromatic carbocycles. The fraction of sp³-hybridized carbons (Fsp3) is 0.375. The number of rotatable bonds is 13. The van der Waals surface area contributed by atoms with Crippen molar-refractivity contribution in [3.63, 3.8) is 0 Å². The van der Waals surface area contributed by atoms with Crippen LogP contribution < -0.4 is 5.32 Å². The van der Waals surface area contributed by atoms with Gasteiger partial charge in [-0.2, -0.15) is 11.8 Å². The van der Waals surface area contributed by atoms with Gasteiger partial charge < -0.3 is 15.2 Å². The normalized spacial score (nSPS) is 18.1. The highest BCUT2D eigenvalue weighted by molar-refractivity contribution is 7.98. The summed E-state index contributed by atoms with van der Waals surface area (Å²) in [6.45, 7) is 3.21. The maximum absolute atomic E-state index is 13.4. The first-order valence-corrected chi connectivity index (χ1v) is 16.8. The van der Waals surface area contributed by atoms with Gasteiger partial charge in [0.05, 0.1) is 16.8 Å². The van der Waals surface area contributed by atoms with Crippen LogP contribution in [0.2, 0.25) is 0 Å². The topological polar surface area (TPSA) is 113 Å². The highest BCUT2D eigenvalue weighted by atomic mass is 32.2. The van der Waals surface area contributed by atoms with Crippen molar-refractivity contribution in [1.29, 1.82) is 0 Å². The number of carboxylic acids is 1. The first-order valence-electron chi connectivity index (χ1n) is 13.9. The number of methoxy groups -OCH3 is 1. The van der Waals surface area contributed by atoms with E-state index in [1.807, 2.05) is 49.6 Å². The summed E-state index contributed by atoms with van der Waals surface area (Å²) >= 11 is 1.53. The summed E-state index contributed by atoms with van der Waals surface area (Å²) in [5, 5.41) is 11.8. The molecule has 1 heterocycles. The smallest absolute Gasteiger partial charge is 0.326 e. The third-order valence-corrected chi connectivity index (χ3v) is 10.5. The lowest BCUT2D eigenvalue weighted by molar-refractivity contribution is -0.139. The molecule has 0 aliphatic carbocycles. The van der Waals surface area contributed by atoms with Crippen LogP contribution >= 0.6 is 11.8 Å². The van der Waals surface area contributed by atoms with Crippen LogP contribution in [0.1, 0.15) is 34.3 Å². The maximum Gasteiger partial charge on any atom is 0.326 e. The number of carbonyl (C=O) groups excluding carboxylic acids is 1. The molecule has 8 nitrogen and oxygen atoms in total. The van der Waals surface area contributed by atoms with Crippen LogP contribution in [-0.2, 0) is 25.9 Å². The van der Waals surface area contributed by atoms with Crippen molar-refractivity contribution in [1.82, 2.24) is 10.2 Å². The van der Waals surface area contributed by atoms with Crippen LogP contribution in [0.25, 0.3) is 11.1 Å². The van der Waals surface area contributed by atoms with Crippen LogP contribution in [0.3, 0.4) is 0 Å². The third kappa shape index (κ3) is 7.42. The molecule has 0 spiro atoms. The molecule has 1 amide bonds. The van der Waals surface area contributed by atoms with E-state index in [0.29, 0.717) is 54.3 Å². The Morgan fingerprint density at radius 1 is 1.07 bits per heavy atom. The molecule has 0 aromatic heterocycles. The number of ether oxygens (including phenoxy) is 1. The molecular weight excluding hydrogens is 572 g/mol. The van der Waals surface area contributed by atoms with Crippen molar-refractivity contribution >= 4 is 33.5 Å². The summed E-state index contributed by atoms with van der Waals surface area (Å²) in [6, 6.07) is 20.8. The van der Waals surface area contributed by atoms with Crippen LogP contribution in [0.4, 0.5) is 0 Å². The standard InChI is InChI=1S/C32H38N2O6S2/c1-22-9-7-8-12-27(22)29-17-23(13-14-28(29)31(35)33-30(32(36)37)15-16-41-3)19-34-20-26(18-24(34)21-40-2)42(38,39)25-10-5-4-6-11-25/h4-14,17,24,26,30H,15-16,18-21H2,1-3H3,(H,33,35)(H,36,37)/t24-,26+,30+/m0/s1. The number of nitrogens with zero attached hydrogens (tertiary/aromatic N) is 1. The van der Waals surface area contributed by atoms with E-state index in [0.717, 1.165) is 16.7 Å². The van der Waals surface area contributed by atoms with Gasteiger partial charge >= 0.3 is 5.97 Å². The van der Waals surface area contributed by atoms with Gasteiger partial charge in [-0.15, -0.1) is 0 Å². The second-order valence-corrected chi connectivity index (χ2v) is 13.8. The molecule has 42 heavy (non-hydrogen) atoms. The maximum atomic E-state index is 13.4. The van der Waals surface area contributed by atoms with Crippen LogP contribution in [-0.4, -0.2) is 79.9 Å². The molecule has 0 saturated carbocycles. The van der Waals surface area contributed by atoms with Gasteiger partial charge in [0.15, 0.2) is 9.84 Å². The number of amides is 1. The van der Waals surface area contributed by atoms with Gasteiger partial charge in [0.2, 0.25) is 0 Å². The molecule has 10 heteroatoms. The van der Waals surface area contributed by atoms with E-state index < -0.39 is 33.0 Å². The summed E-state index contributed by atoms with van der Waals surface area (Å²) in [7, 11) is -1.90. The Kier molecular flexibility index (Phi) is 10.8. The molecule has 0 radical (unpaired) electrons. The number of carboxylic acid groups (broad SMARTS) is 1. The average Bonchev–Trinajstić information content (AvgIpc) is 3.38. The van der Waals surface area contributed by atoms with Gasteiger partial charge in [-0.25, -0.2) is 13.2 Å². The lowest BCUT2D eigenvalue weighted by Gasteiger charge is -2.24. The molecule has 1 fully saturated rings. The van der Waals surface area contributed by atoms with Gasteiger partial charge in [-0.3, -0.25) is 9.69 Å². The summed E-state index contributed by atoms with van der Waals surface area (Å²) in [4.78, 5) is 27.7. The highest BCUT2D eigenvalue weighted by Gasteiger charge is 2.40. The fourth-order valence-corrected chi connectivity index (χ4v) is 7.73. The molecule has 1 aliphatic rings. The van der Waals surface area contributed by atoms with Crippen molar-refractivity contribution in [2.24, 2.45) is 0 Å². The third-order valence-electron chi connectivity index (χ3n) is 7.72. The Balaban J connectivity index is 1.64. The van der Waals surface area contributed by atoms with Crippen molar-refractivity contribution in [2.45, 2.75) is 48.5 Å². The molecular formula is C32H38N2O6S2. The Bertz CT molecular complexity index is 1500. The molecule has 1 saturated heterocycles. The first kappa shape index (κ1) is 31.7. The van der Waals surface area contributed by atoms with Crippen molar-refractivity contribution in [3.05, 3.63) is 89.5 Å². The minimum Gasteiger partial charge on any atom is -0.480 e. The zero-order valence-electron chi connectivity index (χ0n) is 24.2. The Labute approximate surface area is 252 Å². The van der Waals surface area contributed by atoms with Crippen LogP contribution in [0.15, 0.2) is 77.7 Å². The predicted molar refractivity (Wildman–Crippen MR) is 167 cm³/mol. The monoisotopic (exact) mass is 610 g/mol. The summed E-state index contributed by atoms with van der Waals surface area (Å²) in [6.07, 6.45) is 2.68. The first-order chi connectivity index (χ1) is 20.1. The van der Waals surface area contributed by atoms with E-state index in [1.54, 1.807) is 43.5 Å². The number of likely N-dealkylation sites (tertiary alicyclic amines) is 1.